The zero-order valence-corrected chi connectivity index (χ0v) is 22.0. The zero-order valence-electron chi connectivity index (χ0n) is 22.0. The summed E-state index contributed by atoms with van der Waals surface area (Å²) in [5.74, 6) is -1.22. The van der Waals surface area contributed by atoms with Crippen LogP contribution in [-0.4, -0.2) is 32.6 Å². The van der Waals surface area contributed by atoms with Crippen molar-refractivity contribution in [2.24, 2.45) is 5.92 Å². The number of ether oxygens (including phenoxy) is 1. The number of aromatic nitrogens is 2. The third-order valence-electron chi connectivity index (χ3n) is 9.07. The molecule has 1 saturated carbocycles. The van der Waals surface area contributed by atoms with Crippen molar-refractivity contribution in [1.29, 1.82) is 0 Å². The number of fused-ring (bicyclic) bond motifs is 5. The number of benzene rings is 1. The largest absolute Gasteiger partial charge is 0.460 e. The lowest BCUT2D eigenvalue weighted by Crippen LogP contribution is -2.39. The van der Waals surface area contributed by atoms with Gasteiger partial charge in [-0.25, -0.2) is 9.37 Å². The monoisotopic (exact) mass is 531 g/mol. The number of carbonyl (C=O) groups is 2. The van der Waals surface area contributed by atoms with Crippen LogP contribution in [0.5, 0.6) is 0 Å². The molecule has 2 aliphatic heterocycles. The molecule has 1 aromatic carbocycles. The number of nitrogens with zero attached hydrogens (tertiary/aromatic N) is 2. The van der Waals surface area contributed by atoms with E-state index in [9.17, 15) is 19.5 Å². The average Bonchev–Trinajstić information content (AvgIpc) is 3.66. The molecule has 3 atom stereocenters. The Bertz CT molecular complexity index is 1660. The number of hydrogen-bond acceptors (Lipinski definition) is 6. The molecule has 4 heterocycles. The topological polar surface area (TPSA) is 111 Å². The second kappa shape index (κ2) is 8.71. The van der Waals surface area contributed by atoms with Crippen LogP contribution in [0, 0.1) is 18.7 Å². The number of aryl methyl sites for hydroxylation is 1. The number of aliphatic hydroxyl groups is 1. The summed E-state index contributed by atoms with van der Waals surface area (Å²) in [5.41, 5.74) is 5.64. The van der Waals surface area contributed by atoms with E-state index in [1.807, 2.05) is 13.0 Å². The van der Waals surface area contributed by atoms with Crippen LogP contribution in [0.3, 0.4) is 0 Å². The Hall–Kier alpha value is -3.59. The van der Waals surface area contributed by atoms with Crippen LogP contribution >= 0.6 is 0 Å². The SMILES string of the molecule is CCC1C(=O)OCc2c1cc1n(c2=O)Cc2c-1nc1cc(F)c(C)c3c1c2C(NC(=O)C(O)CC1CC1)CC3. The van der Waals surface area contributed by atoms with E-state index in [0.29, 0.717) is 65.2 Å². The third-order valence-corrected chi connectivity index (χ3v) is 9.07. The molecule has 0 saturated heterocycles. The fourth-order valence-corrected chi connectivity index (χ4v) is 6.77. The van der Waals surface area contributed by atoms with E-state index in [1.165, 1.54) is 6.07 Å². The normalized spacial score (nSPS) is 21.7. The van der Waals surface area contributed by atoms with Crippen LogP contribution < -0.4 is 10.9 Å². The second-order valence-corrected chi connectivity index (χ2v) is 11.4. The minimum atomic E-state index is -1.07. The van der Waals surface area contributed by atoms with Gasteiger partial charge in [-0.2, -0.15) is 0 Å². The highest BCUT2D eigenvalue weighted by Gasteiger charge is 2.38. The molecule has 0 spiro atoms. The number of carbonyl (C=O) groups excluding carboxylic acids is 2. The molecule has 1 amide bonds. The predicted octanol–water partition coefficient (Wildman–Crippen LogP) is 3.69. The van der Waals surface area contributed by atoms with Gasteiger partial charge in [-0.05, 0) is 66.8 Å². The molecular weight excluding hydrogens is 501 g/mol. The van der Waals surface area contributed by atoms with Gasteiger partial charge in [-0.3, -0.25) is 14.4 Å². The number of halogens is 1. The summed E-state index contributed by atoms with van der Waals surface area (Å²) in [6, 6.07) is 2.88. The van der Waals surface area contributed by atoms with Gasteiger partial charge in [0.05, 0.1) is 41.0 Å². The lowest BCUT2D eigenvalue weighted by Gasteiger charge is -2.30. The van der Waals surface area contributed by atoms with Crippen LogP contribution in [0.15, 0.2) is 16.9 Å². The van der Waals surface area contributed by atoms with E-state index in [2.05, 4.69) is 5.32 Å². The predicted molar refractivity (Wildman–Crippen MR) is 141 cm³/mol. The molecule has 4 aliphatic rings. The number of esters is 1. The van der Waals surface area contributed by atoms with Gasteiger partial charge in [0.1, 0.15) is 18.5 Å². The maximum atomic E-state index is 15.0. The number of aliphatic hydroxyl groups excluding tert-OH is 1. The Labute approximate surface area is 224 Å². The van der Waals surface area contributed by atoms with Gasteiger partial charge in [0, 0.05) is 17.0 Å². The van der Waals surface area contributed by atoms with Crippen molar-refractivity contribution in [2.75, 3.05) is 0 Å². The Balaban J connectivity index is 1.41. The summed E-state index contributed by atoms with van der Waals surface area (Å²) in [7, 11) is 0. The van der Waals surface area contributed by atoms with E-state index in [4.69, 9.17) is 9.72 Å². The van der Waals surface area contributed by atoms with Crippen molar-refractivity contribution in [3.63, 3.8) is 0 Å². The van der Waals surface area contributed by atoms with Gasteiger partial charge in [0.15, 0.2) is 0 Å². The molecule has 8 nitrogen and oxygen atoms in total. The van der Waals surface area contributed by atoms with Gasteiger partial charge in [0.25, 0.3) is 5.56 Å². The highest BCUT2D eigenvalue weighted by Crippen LogP contribution is 2.45. The maximum Gasteiger partial charge on any atom is 0.313 e. The van der Waals surface area contributed by atoms with E-state index in [0.717, 1.165) is 34.9 Å². The molecule has 202 valence electrons. The standard InChI is InChI=1S/C30H30FN3O5/c1-3-15-17-9-23-27-18(11-34(23)29(37)19(17)12-39-30(15)38)26-21(33-28(36)24(35)8-14-4-5-14)7-6-16-13(2)20(31)10-22(32-27)25(16)26/h9-10,14-15,21,24,35H,3-8,11-12H2,1-2H3,(H,33,36). The van der Waals surface area contributed by atoms with E-state index >= 15 is 4.39 Å². The molecular formula is C30H30FN3O5. The molecule has 1 fully saturated rings. The van der Waals surface area contributed by atoms with E-state index < -0.39 is 24.0 Å². The fourth-order valence-electron chi connectivity index (χ4n) is 6.77. The minimum Gasteiger partial charge on any atom is -0.460 e. The van der Waals surface area contributed by atoms with E-state index in [1.54, 1.807) is 11.5 Å². The van der Waals surface area contributed by atoms with Crippen molar-refractivity contribution in [3.05, 3.63) is 61.7 Å². The van der Waals surface area contributed by atoms with Crippen LogP contribution in [0.1, 0.15) is 84.4 Å². The first-order valence-corrected chi connectivity index (χ1v) is 13.8. The summed E-state index contributed by atoms with van der Waals surface area (Å²) in [4.78, 5) is 44.0. The summed E-state index contributed by atoms with van der Waals surface area (Å²) in [5, 5.41) is 14.4. The highest BCUT2D eigenvalue weighted by molar-refractivity contribution is 5.94. The molecule has 3 unspecified atom stereocenters. The zero-order chi connectivity index (χ0) is 27.2. The fraction of sp³-hybridized carbons (Fsp3) is 0.467. The smallest absolute Gasteiger partial charge is 0.313 e. The average molecular weight is 532 g/mol. The molecule has 3 aromatic rings. The van der Waals surface area contributed by atoms with Crippen LogP contribution in [0.25, 0.3) is 22.3 Å². The summed E-state index contributed by atoms with van der Waals surface area (Å²) in [6.45, 7) is 3.84. The number of hydrogen-bond donors (Lipinski definition) is 2. The van der Waals surface area contributed by atoms with Crippen LogP contribution in [-0.2, 0) is 33.9 Å². The number of nitrogens with one attached hydrogen (secondary N) is 1. The van der Waals surface area contributed by atoms with Crippen LogP contribution in [0.4, 0.5) is 4.39 Å². The Morgan fingerprint density at radius 2 is 2.03 bits per heavy atom. The van der Waals surface area contributed by atoms with Gasteiger partial charge in [0.2, 0.25) is 5.91 Å². The van der Waals surface area contributed by atoms with E-state index in [-0.39, 0.29) is 30.5 Å². The molecule has 2 aromatic heterocycles. The Morgan fingerprint density at radius 3 is 2.77 bits per heavy atom. The quantitative estimate of drug-likeness (QED) is 0.380. The summed E-state index contributed by atoms with van der Waals surface area (Å²) >= 11 is 0. The van der Waals surface area contributed by atoms with Gasteiger partial charge >= 0.3 is 5.97 Å². The first-order valence-electron chi connectivity index (χ1n) is 13.8. The third kappa shape index (κ3) is 3.66. The molecule has 0 bridgehead atoms. The van der Waals surface area contributed by atoms with Crippen molar-refractivity contribution >= 4 is 22.8 Å². The summed E-state index contributed by atoms with van der Waals surface area (Å²) in [6.07, 6.45) is 3.07. The first kappa shape index (κ1) is 24.5. The molecule has 9 heteroatoms. The highest BCUT2D eigenvalue weighted by atomic mass is 19.1. The Kier molecular flexibility index (Phi) is 5.46. The number of cyclic esters (lactones) is 1. The molecule has 2 N–H and O–H groups in total. The number of pyridine rings is 2. The molecule has 0 radical (unpaired) electrons. The van der Waals surface area contributed by atoms with Crippen molar-refractivity contribution in [1.82, 2.24) is 14.9 Å². The van der Waals surface area contributed by atoms with Crippen molar-refractivity contribution in [2.45, 2.75) is 83.6 Å². The minimum absolute atomic E-state index is 0.0610. The number of amides is 1. The Morgan fingerprint density at radius 1 is 1.23 bits per heavy atom. The molecule has 39 heavy (non-hydrogen) atoms. The lowest BCUT2D eigenvalue weighted by atomic mass is 9.81. The maximum absolute atomic E-state index is 15.0. The number of rotatable bonds is 5. The van der Waals surface area contributed by atoms with Crippen molar-refractivity contribution in [3.8, 4) is 11.4 Å². The van der Waals surface area contributed by atoms with Gasteiger partial charge < -0.3 is 19.7 Å². The first-order chi connectivity index (χ1) is 18.8. The molecule has 7 rings (SSSR count). The van der Waals surface area contributed by atoms with Crippen LogP contribution in [0.2, 0.25) is 0 Å². The molecule has 2 aliphatic carbocycles. The lowest BCUT2D eigenvalue weighted by molar-refractivity contribution is -0.148. The second-order valence-electron chi connectivity index (χ2n) is 11.4. The summed E-state index contributed by atoms with van der Waals surface area (Å²) < 4.78 is 22.0. The van der Waals surface area contributed by atoms with Gasteiger partial charge in [-0.15, -0.1) is 0 Å². The van der Waals surface area contributed by atoms with Gasteiger partial charge in [-0.1, -0.05) is 19.8 Å². The van der Waals surface area contributed by atoms with Crippen molar-refractivity contribution < 1.29 is 23.8 Å².